The maximum absolute atomic E-state index is 2.69. The molecule has 1 heteroatoms. The minimum Gasteiger partial charge on any atom is -0.0730 e. The van der Waals surface area contributed by atoms with Crippen LogP contribution in [-0.2, 0) is 25.7 Å². The highest BCUT2D eigenvalue weighted by molar-refractivity contribution is 7.14. The predicted octanol–water partition coefficient (Wildman–Crippen LogP) is 10.6. The first-order chi connectivity index (χ1) is 21.2. The minimum absolute atomic E-state index is 0.0701. The zero-order valence-electron chi connectivity index (χ0n) is 29.4. The van der Waals surface area contributed by atoms with Crippen molar-refractivity contribution in [2.75, 3.05) is 0 Å². The van der Waals surface area contributed by atoms with Crippen molar-refractivity contribution in [3.63, 3.8) is 0 Å². The van der Waals surface area contributed by atoms with E-state index in [9.17, 15) is 0 Å². The predicted molar refractivity (Wildman–Crippen MR) is 199 cm³/mol. The molecule has 1 atom stereocenters. The van der Waals surface area contributed by atoms with Gasteiger partial charge in [-0.2, -0.15) is 0 Å². The molecule has 0 aliphatic heterocycles. The summed E-state index contributed by atoms with van der Waals surface area (Å²) < 4.78 is 0. The topological polar surface area (TPSA) is 0 Å². The molecular weight excluding hydrogens is 545 g/mol. The number of hydrogen-bond acceptors (Lipinski definition) is 0. The largest absolute Gasteiger partial charge is 0.161 e. The van der Waals surface area contributed by atoms with Gasteiger partial charge in [-0.3, -0.25) is 0 Å². The number of hydrogen-bond donors (Lipinski definition) is 0. The first-order valence-corrected chi connectivity index (χ1v) is 19.9. The molecule has 4 rings (SSSR count). The summed E-state index contributed by atoms with van der Waals surface area (Å²) in [5.41, 5.74) is 10.7. The van der Waals surface area contributed by atoms with Crippen LogP contribution in [0.1, 0.15) is 129 Å². The van der Waals surface area contributed by atoms with Crippen molar-refractivity contribution in [1.29, 1.82) is 0 Å². The molecule has 1 aliphatic rings. The van der Waals surface area contributed by atoms with Gasteiger partial charge in [0.05, 0.1) is 0 Å². The van der Waals surface area contributed by atoms with Crippen molar-refractivity contribution in [2.24, 2.45) is 0 Å². The molecule has 0 saturated heterocycles. The molecule has 236 valence electrons. The lowest BCUT2D eigenvalue weighted by atomic mass is 10.0. The fourth-order valence-electron chi connectivity index (χ4n) is 7.87. The zero-order chi connectivity index (χ0) is 31.7. The number of unbranched alkanes of at least 4 members (excludes halogenated alkanes) is 4. The van der Waals surface area contributed by atoms with E-state index in [0.717, 1.165) is 0 Å². The second kappa shape index (κ2) is 15.6. The number of benzene rings is 3. The lowest BCUT2D eigenvalue weighted by molar-refractivity contribution is 0.780. The van der Waals surface area contributed by atoms with Gasteiger partial charge in [-0.25, -0.2) is 0 Å². The molecule has 0 heterocycles. The van der Waals surface area contributed by atoms with Gasteiger partial charge >= 0.3 is 0 Å². The summed E-state index contributed by atoms with van der Waals surface area (Å²) in [7, 11) is -2.68. The van der Waals surface area contributed by atoms with E-state index in [4.69, 9.17) is 0 Å². The molecular formula is C43H60Si. The summed E-state index contributed by atoms with van der Waals surface area (Å²) in [5, 5.41) is 4.69. The quantitative estimate of drug-likeness (QED) is 0.113. The van der Waals surface area contributed by atoms with E-state index in [1.165, 1.54) is 110 Å². The Labute approximate surface area is 272 Å². The van der Waals surface area contributed by atoms with Crippen molar-refractivity contribution in [3.05, 3.63) is 112 Å². The molecule has 0 spiro atoms. The standard InChI is InChI=1S/C43H60Si/c1-9-13-20-36-26-37(21-14-10-2)29-41(28-36)44(40-24-18-17-19-25-40,43(8)32-33(5)34(6)35(43)7)42-30-38(22-15-11-3)27-39(31-42)23-16-12-4/h17-19,24-32H,9-16,20-23H2,1-8H3. The third kappa shape index (κ3) is 6.94. The Hall–Kier alpha value is -2.64. The molecule has 0 saturated carbocycles. The second-order valence-electron chi connectivity index (χ2n) is 13.9. The van der Waals surface area contributed by atoms with Gasteiger partial charge in [0.1, 0.15) is 0 Å². The van der Waals surface area contributed by atoms with Crippen molar-refractivity contribution in [3.8, 4) is 0 Å². The monoisotopic (exact) mass is 604 g/mol. The maximum atomic E-state index is 2.69. The average Bonchev–Trinajstić information content (AvgIpc) is 3.24. The fraction of sp³-hybridized carbons (Fsp3) is 0.488. The van der Waals surface area contributed by atoms with Gasteiger partial charge in [0, 0.05) is 5.04 Å². The Kier molecular flexibility index (Phi) is 12.1. The molecule has 0 nitrogen and oxygen atoms in total. The van der Waals surface area contributed by atoms with Crippen LogP contribution in [0, 0.1) is 0 Å². The van der Waals surface area contributed by atoms with Gasteiger partial charge in [-0.05, 0) is 116 Å². The zero-order valence-corrected chi connectivity index (χ0v) is 30.4. The first kappa shape index (κ1) is 34.2. The molecule has 3 aromatic carbocycles. The maximum Gasteiger partial charge on any atom is 0.161 e. The van der Waals surface area contributed by atoms with Crippen molar-refractivity contribution in [2.45, 2.75) is 137 Å². The van der Waals surface area contributed by atoms with Crippen LogP contribution in [0.3, 0.4) is 0 Å². The molecule has 0 aromatic heterocycles. The van der Waals surface area contributed by atoms with Gasteiger partial charge in [0.15, 0.2) is 8.07 Å². The highest BCUT2D eigenvalue weighted by atomic mass is 28.3. The fourth-order valence-corrected chi connectivity index (χ4v) is 14.2. The highest BCUT2D eigenvalue weighted by Crippen LogP contribution is 2.53. The molecule has 0 N–H and O–H groups in total. The first-order valence-electron chi connectivity index (χ1n) is 17.9. The molecule has 0 radical (unpaired) electrons. The summed E-state index contributed by atoms with van der Waals surface area (Å²) in [6.07, 6.45) is 17.3. The Bertz CT molecular complexity index is 1320. The normalized spacial score (nSPS) is 17.0. The summed E-state index contributed by atoms with van der Waals surface area (Å²) in [4.78, 5) is 0. The Morgan fingerprint density at radius 3 is 1.23 bits per heavy atom. The highest BCUT2D eigenvalue weighted by Gasteiger charge is 2.56. The molecule has 0 fully saturated rings. The summed E-state index contributed by atoms with van der Waals surface area (Å²) in [5.74, 6) is 0. The SMILES string of the molecule is CCCCc1cc(CCCC)cc([Si](c2ccccc2)(c2cc(CCCC)cc(CCCC)c2)C2(C)C=C(C)C(C)=C2C)c1. The van der Waals surface area contributed by atoms with E-state index in [-0.39, 0.29) is 5.04 Å². The van der Waals surface area contributed by atoms with Gasteiger partial charge < -0.3 is 0 Å². The summed E-state index contributed by atoms with van der Waals surface area (Å²) in [6, 6.07) is 27.6. The van der Waals surface area contributed by atoms with E-state index in [1.54, 1.807) is 21.1 Å². The van der Waals surface area contributed by atoms with Crippen LogP contribution in [-0.4, -0.2) is 8.07 Å². The Morgan fingerprint density at radius 2 is 0.909 bits per heavy atom. The number of rotatable bonds is 16. The second-order valence-corrected chi connectivity index (χ2v) is 18.2. The number of allylic oxidation sites excluding steroid dienone is 4. The molecule has 44 heavy (non-hydrogen) atoms. The number of aryl methyl sites for hydroxylation is 4. The van der Waals surface area contributed by atoms with Crippen LogP contribution in [0.2, 0.25) is 5.04 Å². The van der Waals surface area contributed by atoms with E-state index < -0.39 is 8.07 Å². The van der Waals surface area contributed by atoms with Gasteiger partial charge in [0.25, 0.3) is 0 Å². The van der Waals surface area contributed by atoms with Crippen LogP contribution >= 0.6 is 0 Å². The lowest BCUT2D eigenvalue weighted by Gasteiger charge is -2.47. The van der Waals surface area contributed by atoms with Crippen LogP contribution in [0.15, 0.2) is 89.5 Å². The van der Waals surface area contributed by atoms with E-state index >= 15 is 0 Å². The molecule has 3 aromatic rings. The van der Waals surface area contributed by atoms with Crippen molar-refractivity contribution < 1.29 is 0 Å². The van der Waals surface area contributed by atoms with Gasteiger partial charge in [0.2, 0.25) is 0 Å². The van der Waals surface area contributed by atoms with Gasteiger partial charge in [-0.1, -0.05) is 144 Å². The average molecular weight is 605 g/mol. The van der Waals surface area contributed by atoms with Crippen LogP contribution in [0.25, 0.3) is 0 Å². The Morgan fingerprint density at radius 1 is 0.523 bits per heavy atom. The van der Waals surface area contributed by atoms with Crippen LogP contribution in [0.5, 0.6) is 0 Å². The molecule has 1 aliphatic carbocycles. The van der Waals surface area contributed by atoms with E-state index in [0.29, 0.717) is 0 Å². The van der Waals surface area contributed by atoms with Gasteiger partial charge in [-0.15, -0.1) is 0 Å². The summed E-state index contributed by atoms with van der Waals surface area (Å²) >= 11 is 0. The third-order valence-electron chi connectivity index (χ3n) is 10.7. The molecule has 1 unspecified atom stereocenters. The van der Waals surface area contributed by atoms with E-state index in [1.807, 2.05) is 0 Å². The van der Waals surface area contributed by atoms with Crippen LogP contribution in [0.4, 0.5) is 0 Å². The molecule has 0 bridgehead atoms. The lowest BCUT2D eigenvalue weighted by Crippen LogP contribution is -2.73. The Balaban J connectivity index is 2.18. The van der Waals surface area contributed by atoms with E-state index in [2.05, 4.69) is 128 Å². The van der Waals surface area contributed by atoms with Crippen molar-refractivity contribution >= 4 is 23.6 Å². The van der Waals surface area contributed by atoms with Crippen LogP contribution < -0.4 is 15.6 Å². The third-order valence-corrected chi connectivity index (χ3v) is 16.3. The molecule has 0 amide bonds. The smallest absolute Gasteiger partial charge is 0.0730 e. The summed E-state index contributed by atoms with van der Waals surface area (Å²) in [6.45, 7) is 19.1. The minimum atomic E-state index is -2.68. The van der Waals surface area contributed by atoms with Crippen molar-refractivity contribution in [1.82, 2.24) is 0 Å².